The summed E-state index contributed by atoms with van der Waals surface area (Å²) in [5.74, 6) is 0.419. The fourth-order valence-corrected chi connectivity index (χ4v) is 3.96. The van der Waals surface area contributed by atoms with Gasteiger partial charge in [-0.3, -0.25) is 9.59 Å². The van der Waals surface area contributed by atoms with Crippen molar-refractivity contribution in [3.05, 3.63) is 88.6 Å². The van der Waals surface area contributed by atoms with Gasteiger partial charge >= 0.3 is 0 Å². The van der Waals surface area contributed by atoms with Crippen molar-refractivity contribution in [2.45, 2.75) is 26.2 Å². The molecule has 4 aromatic rings. The van der Waals surface area contributed by atoms with Crippen LogP contribution in [0.25, 0.3) is 11.0 Å². The van der Waals surface area contributed by atoms with Gasteiger partial charge in [0.25, 0.3) is 5.91 Å². The summed E-state index contributed by atoms with van der Waals surface area (Å²) in [6, 6.07) is 18.8. The Kier molecular flexibility index (Phi) is 7.73. The minimum atomic E-state index is -0.406. The number of furan rings is 1. The third-order valence-electron chi connectivity index (χ3n) is 5.59. The van der Waals surface area contributed by atoms with Gasteiger partial charge < -0.3 is 19.2 Å². The van der Waals surface area contributed by atoms with Crippen LogP contribution < -0.4 is 14.8 Å². The van der Waals surface area contributed by atoms with Crippen LogP contribution in [0.15, 0.2) is 71.1 Å². The number of ketones is 1. The number of carbonyl (C=O) groups excluding carboxylic acids is 2. The molecule has 35 heavy (non-hydrogen) atoms. The predicted molar refractivity (Wildman–Crippen MR) is 137 cm³/mol. The molecular weight excluding hydrogens is 466 g/mol. The molecule has 0 aliphatic rings. The Morgan fingerprint density at radius 3 is 2.43 bits per heavy atom. The summed E-state index contributed by atoms with van der Waals surface area (Å²) in [6.07, 6.45) is 3.23. The van der Waals surface area contributed by atoms with Crippen molar-refractivity contribution in [3.8, 4) is 11.5 Å². The normalized spacial score (nSPS) is 10.8. The molecule has 0 spiro atoms. The van der Waals surface area contributed by atoms with E-state index in [0.717, 1.165) is 19.3 Å². The Labute approximate surface area is 208 Å². The number of benzene rings is 3. The Balaban J connectivity index is 1.59. The number of carbonyl (C=O) groups is 2. The maximum atomic E-state index is 13.3. The van der Waals surface area contributed by atoms with Gasteiger partial charge in [-0.2, -0.15) is 0 Å². The molecule has 7 heteroatoms. The molecule has 0 atom stereocenters. The number of ether oxygens (including phenoxy) is 2. The zero-order chi connectivity index (χ0) is 24.8. The monoisotopic (exact) mass is 491 g/mol. The van der Waals surface area contributed by atoms with E-state index in [1.807, 2.05) is 6.07 Å². The molecule has 0 radical (unpaired) electrons. The van der Waals surface area contributed by atoms with E-state index in [9.17, 15) is 9.59 Å². The Morgan fingerprint density at radius 1 is 0.971 bits per heavy atom. The van der Waals surface area contributed by atoms with Gasteiger partial charge in [-0.1, -0.05) is 43.5 Å². The molecule has 0 unspecified atom stereocenters. The quantitative estimate of drug-likeness (QED) is 0.188. The second-order valence-electron chi connectivity index (χ2n) is 8.01. The number of anilines is 1. The third kappa shape index (κ3) is 5.49. The van der Waals surface area contributed by atoms with Crippen molar-refractivity contribution >= 4 is 39.9 Å². The summed E-state index contributed by atoms with van der Waals surface area (Å²) in [4.78, 5) is 26.4. The van der Waals surface area contributed by atoms with E-state index < -0.39 is 5.78 Å². The Morgan fingerprint density at radius 2 is 1.71 bits per heavy atom. The molecule has 0 aliphatic heterocycles. The molecule has 0 aliphatic carbocycles. The van der Waals surface area contributed by atoms with E-state index in [2.05, 4.69) is 12.2 Å². The van der Waals surface area contributed by atoms with E-state index in [4.69, 9.17) is 25.5 Å². The lowest BCUT2D eigenvalue weighted by molar-refractivity contribution is 0.101. The third-order valence-corrected chi connectivity index (χ3v) is 5.88. The van der Waals surface area contributed by atoms with Crippen LogP contribution in [0.5, 0.6) is 11.5 Å². The topological polar surface area (TPSA) is 77.8 Å². The molecule has 1 heterocycles. The number of hydrogen-bond donors (Lipinski definition) is 1. The minimum absolute atomic E-state index is 0.0247. The van der Waals surface area contributed by atoms with Crippen LogP contribution in [0.4, 0.5) is 5.69 Å². The molecule has 1 amide bonds. The summed E-state index contributed by atoms with van der Waals surface area (Å²) in [5.41, 5.74) is 1.54. The van der Waals surface area contributed by atoms with Gasteiger partial charge in [0.2, 0.25) is 5.78 Å². The van der Waals surface area contributed by atoms with Crippen LogP contribution in [-0.4, -0.2) is 25.4 Å². The number of fused-ring (bicyclic) bond motifs is 1. The van der Waals surface area contributed by atoms with Crippen LogP contribution in [0.2, 0.25) is 5.02 Å². The molecule has 3 aromatic carbocycles. The standard InChI is InChI=1S/C28H26ClNO5/c1-3-4-7-16-34-20-13-10-18(11-14-20)28(32)30-25-21-8-5-6-9-23(21)35-27(25)26(31)19-12-15-24(33-2)22(29)17-19/h5-6,8-15,17H,3-4,7,16H2,1-2H3,(H,30,32). The van der Waals surface area contributed by atoms with Crippen LogP contribution in [0, 0.1) is 0 Å². The number of rotatable bonds is 10. The highest BCUT2D eigenvalue weighted by atomic mass is 35.5. The lowest BCUT2D eigenvalue weighted by Gasteiger charge is -2.09. The number of nitrogens with one attached hydrogen (secondary N) is 1. The summed E-state index contributed by atoms with van der Waals surface area (Å²) < 4.78 is 16.8. The van der Waals surface area contributed by atoms with Gasteiger partial charge in [-0.25, -0.2) is 0 Å². The number of halogens is 1. The van der Waals surface area contributed by atoms with Crippen molar-refractivity contribution in [2.24, 2.45) is 0 Å². The first kappa shape index (κ1) is 24.4. The summed E-state index contributed by atoms with van der Waals surface area (Å²) in [6.45, 7) is 2.78. The van der Waals surface area contributed by atoms with Crippen LogP contribution in [0.3, 0.4) is 0 Å². The van der Waals surface area contributed by atoms with Crippen molar-refractivity contribution in [3.63, 3.8) is 0 Å². The molecule has 1 aromatic heterocycles. The van der Waals surface area contributed by atoms with Crippen molar-refractivity contribution in [1.29, 1.82) is 0 Å². The second-order valence-corrected chi connectivity index (χ2v) is 8.42. The average Bonchev–Trinajstić information content (AvgIpc) is 3.24. The zero-order valence-corrected chi connectivity index (χ0v) is 20.4. The highest BCUT2D eigenvalue weighted by molar-refractivity contribution is 6.32. The number of amides is 1. The first-order valence-corrected chi connectivity index (χ1v) is 11.8. The van der Waals surface area contributed by atoms with Gasteiger partial charge in [0.15, 0.2) is 5.76 Å². The SMILES string of the molecule is CCCCCOc1ccc(C(=O)Nc2c(C(=O)c3ccc(OC)c(Cl)c3)oc3ccccc23)cc1. The highest BCUT2D eigenvalue weighted by Crippen LogP contribution is 2.34. The Bertz CT molecular complexity index is 1340. The summed E-state index contributed by atoms with van der Waals surface area (Å²) in [7, 11) is 1.50. The molecule has 6 nitrogen and oxygen atoms in total. The van der Waals surface area contributed by atoms with Crippen molar-refractivity contribution in [1.82, 2.24) is 0 Å². The van der Waals surface area contributed by atoms with E-state index in [1.165, 1.54) is 13.2 Å². The molecule has 0 fully saturated rings. The largest absolute Gasteiger partial charge is 0.495 e. The maximum absolute atomic E-state index is 13.3. The first-order valence-electron chi connectivity index (χ1n) is 11.5. The molecule has 4 rings (SSSR count). The second kappa shape index (κ2) is 11.1. The summed E-state index contributed by atoms with van der Waals surface area (Å²) in [5, 5.41) is 3.79. The molecular formula is C28H26ClNO5. The van der Waals surface area contributed by atoms with Gasteiger partial charge in [0.1, 0.15) is 17.1 Å². The molecule has 1 N–H and O–H groups in total. The fraction of sp³-hybridized carbons (Fsp3) is 0.214. The first-order chi connectivity index (χ1) is 17.0. The number of unbranched alkanes of at least 4 members (excludes halogenated alkanes) is 2. The van der Waals surface area contributed by atoms with Crippen molar-refractivity contribution < 1.29 is 23.5 Å². The van der Waals surface area contributed by atoms with Crippen LogP contribution in [-0.2, 0) is 0 Å². The van der Waals surface area contributed by atoms with Crippen LogP contribution in [0.1, 0.15) is 52.7 Å². The molecule has 0 saturated carbocycles. The number of para-hydroxylation sites is 1. The van der Waals surface area contributed by atoms with Gasteiger partial charge in [0.05, 0.1) is 24.4 Å². The van der Waals surface area contributed by atoms with E-state index in [-0.39, 0.29) is 11.7 Å². The van der Waals surface area contributed by atoms with E-state index in [1.54, 1.807) is 54.6 Å². The molecule has 0 saturated heterocycles. The lowest BCUT2D eigenvalue weighted by Crippen LogP contribution is -2.14. The van der Waals surface area contributed by atoms with Gasteiger partial charge in [-0.05, 0) is 61.0 Å². The van der Waals surface area contributed by atoms with Gasteiger partial charge in [0, 0.05) is 16.5 Å². The summed E-state index contributed by atoms with van der Waals surface area (Å²) >= 11 is 6.22. The number of methoxy groups -OCH3 is 1. The van der Waals surface area contributed by atoms with E-state index >= 15 is 0 Å². The predicted octanol–water partition coefficient (Wildman–Crippen LogP) is 7.15. The zero-order valence-electron chi connectivity index (χ0n) is 19.6. The minimum Gasteiger partial charge on any atom is -0.495 e. The lowest BCUT2D eigenvalue weighted by atomic mass is 10.1. The van der Waals surface area contributed by atoms with Crippen molar-refractivity contribution in [2.75, 3.05) is 19.0 Å². The fourth-order valence-electron chi connectivity index (χ4n) is 3.70. The van der Waals surface area contributed by atoms with Crippen LogP contribution >= 0.6 is 11.6 Å². The number of hydrogen-bond acceptors (Lipinski definition) is 5. The maximum Gasteiger partial charge on any atom is 0.255 e. The highest BCUT2D eigenvalue weighted by Gasteiger charge is 2.24. The Hall–Kier alpha value is -3.77. The smallest absolute Gasteiger partial charge is 0.255 e. The molecule has 180 valence electrons. The molecule has 0 bridgehead atoms. The van der Waals surface area contributed by atoms with E-state index in [0.29, 0.717) is 50.9 Å². The van der Waals surface area contributed by atoms with Gasteiger partial charge in [-0.15, -0.1) is 0 Å². The average molecular weight is 492 g/mol.